The van der Waals surface area contributed by atoms with Crippen molar-refractivity contribution >= 4 is 22.4 Å². The summed E-state index contributed by atoms with van der Waals surface area (Å²) in [6, 6.07) is 14.4. The molecule has 1 atom stereocenters. The van der Waals surface area contributed by atoms with Gasteiger partial charge in [0.2, 0.25) is 0 Å². The standard InChI is InChI=1S/C18H16N2O3/c1-23-14-7-4-6-12(9-14)17(21)18(22)20-16-11-19-10-13-5-2-3-8-15(13)16/h2-11,17,21H,1H3,(H,20,22). The van der Waals surface area contributed by atoms with Gasteiger partial charge in [-0.1, -0.05) is 36.4 Å². The largest absolute Gasteiger partial charge is 0.497 e. The third-order valence-corrected chi connectivity index (χ3v) is 3.58. The summed E-state index contributed by atoms with van der Waals surface area (Å²) in [6.45, 7) is 0. The van der Waals surface area contributed by atoms with Crippen molar-refractivity contribution in [1.29, 1.82) is 0 Å². The summed E-state index contributed by atoms with van der Waals surface area (Å²) in [7, 11) is 1.54. The quantitative estimate of drug-likeness (QED) is 0.777. The number of carbonyl (C=O) groups is 1. The molecule has 116 valence electrons. The van der Waals surface area contributed by atoms with Crippen LogP contribution >= 0.6 is 0 Å². The maximum atomic E-state index is 12.3. The minimum absolute atomic E-state index is 0.468. The Morgan fingerprint density at radius 3 is 2.83 bits per heavy atom. The zero-order chi connectivity index (χ0) is 16.2. The molecule has 0 aliphatic heterocycles. The second kappa shape index (κ2) is 6.46. The number of nitrogens with zero attached hydrogens (tertiary/aromatic N) is 1. The number of anilines is 1. The van der Waals surface area contributed by atoms with Crippen molar-refractivity contribution in [1.82, 2.24) is 4.98 Å². The summed E-state index contributed by atoms with van der Waals surface area (Å²) < 4.78 is 5.11. The Kier molecular flexibility index (Phi) is 4.21. The molecule has 2 aromatic carbocycles. The second-order valence-corrected chi connectivity index (χ2v) is 5.08. The average molecular weight is 308 g/mol. The fourth-order valence-electron chi connectivity index (χ4n) is 2.38. The number of hydrogen-bond donors (Lipinski definition) is 2. The maximum absolute atomic E-state index is 12.3. The minimum Gasteiger partial charge on any atom is -0.497 e. The van der Waals surface area contributed by atoms with Crippen molar-refractivity contribution in [3.05, 3.63) is 66.5 Å². The van der Waals surface area contributed by atoms with Gasteiger partial charge < -0.3 is 15.2 Å². The number of nitrogens with one attached hydrogen (secondary N) is 1. The van der Waals surface area contributed by atoms with Crippen LogP contribution in [0.3, 0.4) is 0 Å². The Morgan fingerprint density at radius 1 is 1.17 bits per heavy atom. The van der Waals surface area contributed by atoms with Crippen molar-refractivity contribution in [2.45, 2.75) is 6.10 Å². The summed E-state index contributed by atoms with van der Waals surface area (Å²) in [5.41, 5.74) is 1.03. The van der Waals surface area contributed by atoms with Crippen LogP contribution in [0.25, 0.3) is 10.8 Å². The van der Waals surface area contributed by atoms with Crippen LogP contribution in [0.15, 0.2) is 60.9 Å². The molecular weight excluding hydrogens is 292 g/mol. The molecule has 3 aromatic rings. The van der Waals surface area contributed by atoms with Crippen LogP contribution in [0.2, 0.25) is 0 Å². The van der Waals surface area contributed by atoms with Gasteiger partial charge in [0.15, 0.2) is 6.10 Å². The highest BCUT2D eigenvalue weighted by Gasteiger charge is 2.18. The van der Waals surface area contributed by atoms with Gasteiger partial charge in [-0.2, -0.15) is 0 Å². The number of amides is 1. The van der Waals surface area contributed by atoms with E-state index in [0.717, 1.165) is 10.8 Å². The van der Waals surface area contributed by atoms with Gasteiger partial charge in [0, 0.05) is 17.0 Å². The number of rotatable bonds is 4. The molecule has 5 heteroatoms. The van der Waals surface area contributed by atoms with Gasteiger partial charge in [0.25, 0.3) is 5.91 Å². The van der Waals surface area contributed by atoms with Crippen molar-refractivity contribution in [2.75, 3.05) is 12.4 Å². The molecule has 0 saturated heterocycles. The molecule has 0 fully saturated rings. The Bertz CT molecular complexity index is 843. The average Bonchev–Trinajstić information content (AvgIpc) is 2.61. The molecular formula is C18H16N2O3. The van der Waals surface area contributed by atoms with Crippen molar-refractivity contribution in [2.24, 2.45) is 0 Å². The Labute approximate surface area is 133 Å². The molecule has 23 heavy (non-hydrogen) atoms. The lowest BCUT2D eigenvalue weighted by Crippen LogP contribution is -2.21. The molecule has 1 amide bonds. The lowest BCUT2D eigenvalue weighted by Gasteiger charge is -2.13. The van der Waals surface area contributed by atoms with Crippen LogP contribution in [-0.2, 0) is 4.79 Å². The molecule has 0 aliphatic rings. The number of pyridine rings is 1. The molecule has 2 N–H and O–H groups in total. The lowest BCUT2D eigenvalue weighted by molar-refractivity contribution is -0.124. The number of aliphatic hydroxyl groups excluding tert-OH is 1. The number of aromatic nitrogens is 1. The molecule has 0 spiro atoms. The van der Waals surface area contributed by atoms with E-state index in [2.05, 4.69) is 10.3 Å². The Morgan fingerprint density at radius 2 is 2.00 bits per heavy atom. The Balaban J connectivity index is 1.85. The van der Waals surface area contributed by atoms with Gasteiger partial charge in [-0.15, -0.1) is 0 Å². The number of aliphatic hydroxyl groups is 1. The van der Waals surface area contributed by atoms with Crippen LogP contribution in [-0.4, -0.2) is 23.1 Å². The van der Waals surface area contributed by atoms with Gasteiger partial charge >= 0.3 is 0 Å². The van der Waals surface area contributed by atoms with Crippen molar-refractivity contribution in [3.8, 4) is 5.75 Å². The highest BCUT2D eigenvalue weighted by molar-refractivity contribution is 6.03. The van der Waals surface area contributed by atoms with E-state index in [1.807, 2.05) is 24.3 Å². The van der Waals surface area contributed by atoms with Crippen LogP contribution in [0.5, 0.6) is 5.75 Å². The molecule has 5 nitrogen and oxygen atoms in total. The molecule has 0 aliphatic carbocycles. The Hall–Kier alpha value is -2.92. The van der Waals surface area contributed by atoms with E-state index in [-0.39, 0.29) is 0 Å². The number of fused-ring (bicyclic) bond motifs is 1. The fraction of sp³-hybridized carbons (Fsp3) is 0.111. The fourth-order valence-corrected chi connectivity index (χ4v) is 2.38. The molecule has 3 rings (SSSR count). The number of hydrogen-bond acceptors (Lipinski definition) is 4. The first-order chi connectivity index (χ1) is 11.2. The van der Waals surface area contributed by atoms with Crippen LogP contribution in [0.1, 0.15) is 11.7 Å². The molecule has 0 radical (unpaired) electrons. The third kappa shape index (κ3) is 3.14. The topological polar surface area (TPSA) is 71.5 Å². The number of carbonyl (C=O) groups excluding carboxylic acids is 1. The van der Waals surface area contributed by atoms with Crippen LogP contribution in [0, 0.1) is 0 Å². The van der Waals surface area contributed by atoms with E-state index in [1.54, 1.807) is 36.7 Å². The summed E-state index contributed by atoms with van der Waals surface area (Å²) in [5.74, 6) is 0.0672. The first-order valence-electron chi connectivity index (χ1n) is 7.14. The third-order valence-electron chi connectivity index (χ3n) is 3.58. The highest BCUT2D eigenvalue weighted by Crippen LogP contribution is 2.24. The molecule has 0 bridgehead atoms. The molecule has 0 saturated carbocycles. The SMILES string of the molecule is COc1cccc(C(O)C(=O)Nc2cncc3ccccc23)c1. The molecule has 1 aromatic heterocycles. The van der Waals surface area contributed by atoms with E-state index in [0.29, 0.717) is 17.0 Å². The van der Waals surface area contributed by atoms with Crippen molar-refractivity contribution < 1.29 is 14.6 Å². The predicted octanol–water partition coefficient (Wildman–Crippen LogP) is 2.92. The molecule has 1 heterocycles. The first-order valence-corrected chi connectivity index (χ1v) is 7.14. The summed E-state index contributed by atoms with van der Waals surface area (Å²) in [4.78, 5) is 16.4. The van der Waals surface area contributed by atoms with E-state index in [1.165, 1.54) is 7.11 Å². The monoisotopic (exact) mass is 308 g/mol. The van der Waals surface area contributed by atoms with Crippen LogP contribution < -0.4 is 10.1 Å². The molecule has 1 unspecified atom stereocenters. The van der Waals surface area contributed by atoms with Gasteiger partial charge in [0.1, 0.15) is 5.75 Å². The zero-order valence-electron chi connectivity index (χ0n) is 12.6. The van der Waals surface area contributed by atoms with Crippen molar-refractivity contribution in [3.63, 3.8) is 0 Å². The zero-order valence-corrected chi connectivity index (χ0v) is 12.6. The van der Waals surface area contributed by atoms with Gasteiger partial charge in [-0.25, -0.2) is 0 Å². The first kappa shape index (κ1) is 15.0. The van der Waals surface area contributed by atoms with Gasteiger partial charge in [-0.3, -0.25) is 9.78 Å². The van der Waals surface area contributed by atoms with E-state index < -0.39 is 12.0 Å². The normalized spacial score (nSPS) is 11.9. The smallest absolute Gasteiger partial charge is 0.257 e. The van der Waals surface area contributed by atoms with Gasteiger partial charge in [0.05, 0.1) is 19.0 Å². The number of methoxy groups -OCH3 is 1. The predicted molar refractivity (Wildman–Crippen MR) is 88.3 cm³/mol. The minimum atomic E-state index is -1.29. The van der Waals surface area contributed by atoms with E-state index in [4.69, 9.17) is 4.74 Å². The number of benzene rings is 2. The maximum Gasteiger partial charge on any atom is 0.257 e. The summed E-state index contributed by atoms with van der Waals surface area (Å²) >= 11 is 0. The second-order valence-electron chi connectivity index (χ2n) is 5.08. The highest BCUT2D eigenvalue weighted by atomic mass is 16.5. The van der Waals surface area contributed by atoms with Gasteiger partial charge in [-0.05, 0) is 17.7 Å². The summed E-state index contributed by atoms with van der Waals surface area (Å²) in [6.07, 6.45) is 2.01. The van der Waals surface area contributed by atoms with E-state index in [9.17, 15) is 9.90 Å². The van der Waals surface area contributed by atoms with E-state index >= 15 is 0 Å². The number of ether oxygens (including phenoxy) is 1. The van der Waals surface area contributed by atoms with Crippen LogP contribution in [0.4, 0.5) is 5.69 Å². The lowest BCUT2D eigenvalue weighted by atomic mass is 10.1. The summed E-state index contributed by atoms with van der Waals surface area (Å²) in [5, 5.41) is 14.8.